The Kier molecular flexibility index (Phi) is 3.73. The Hall–Kier alpha value is -1.76. The molecule has 86 valence electrons. The van der Waals surface area contributed by atoms with Crippen molar-refractivity contribution >= 4 is 5.91 Å². The third kappa shape index (κ3) is 2.63. The monoisotopic (exact) mass is 220 g/mol. The molecule has 1 aromatic rings. The van der Waals surface area contributed by atoms with Gasteiger partial charge in [-0.15, -0.1) is 0 Å². The van der Waals surface area contributed by atoms with Gasteiger partial charge in [0.1, 0.15) is 17.6 Å². The van der Waals surface area contributed by atoms with Gasteiger partial charge < -0.3 is 9.73 Å². The highest BCUT2D eigenvalue weighted by Gasteiger charge is 2.19. The molecule has 1 N–H and O–H groups in total. The predicted octanol–water partition coefficient (Wildman–Crippen LogP) is 2.17. The van der Waals surface area contributed by atoms with Gasteiger partial charge in [-0.3, -0.25) is 4.79 Å². The van der Waals surface area contributed by atoms with Crippen LogP contribution in [0, 0.1) is 31.1 Å². The second-order valence-corrected chi connectivity index (χ2v) is 4.15. The van der Waals surface area contributed by atoms with Crippen molar-refractivity contribution in [3.05, 3.63) is 23.2 Å². The number of nitriles is 1. The Labute approximate surface area is 95.2 Å². The lowest BCUT2D eigenvalue weighted by Crippen LogP contribution is -2.37. The van der Waals surface area contributed by atoms with Crippen molar-refractivity contribution in [2.45, 2.75) is 33.7 Å². The minimum atomic E-state index is -0.470. The highest BCUT2D eigenvalue weighted by Crippen LogP contribution is 2.14. The lowest BCUT2D eigenvalue weighted by molar-refractivity contribution is 0.0936. The first-order valence-electron chi connectivity index (χ1n) is 5.23. The van der Waals surface area contributed by atoms with E-state index in [2.05, 4.69) is 11.4 Å². The topological polar surface area (TPSA) is 66.0 Å². The third-order valence-corrected chi connectivity index (χ3v) is 2.38. The molecule has 0 saturated heterocycles. The highest BCUT2D eigenvalue weighted by atomic mass is 16.3. The number of furan rings is 1. The Morgan fingerprint density at radius 3 is 2.50 bits per heavy atom. The van der Waals surface area contributed by atoms with E-state index in [1.54, 1.807) is 19.9 Å². The summed E-state index contributed by atoms with van der Waals surface area (Å²) in [6.45, 7) is 7.30. The average molecular weight is 220 g/mol. The zero-order valence-electron chi connectivity index (χ0n) is 10.00. The number of aryl methyl sites for hydroxylation is 2. The fourth-order valence-electron chi connectivity index (χ4n) is 1.42. The maximum absolute atomic E-state index is 11.8. The number of carbonyl (C=O) groups is 1. The molecule has 1 amide bonds. The molecule has 0 aromatic carbocycles. The summed E-state index contributed by atoms with van der Waals surface area (Å²) in [4.78, 5) is 11.8. The van der Waals surface area contributed by atoms with E-state index in [1.807, 2.05) is 13.8 Å². The van der Waals surface area contributed by atoms with Gasteiger partial charge in [-0.2, -0.15) is 5.26 Å². The lowest BCUT2D eigenvalue weighted by Gasteiger charge is -2.14. The molecule has 16 heavy (non-hydrogen) atoms. The van der Waals surface area contributed by atoms with Crippen molar-refractivity contribution in [1.29, 1.82) is 5.26 Å². The molecule has 0 fully saturated rings. The average Bonchev–Trinajstić information content (AvgIpc) is 2.53. The first kappa shape index (κ1) is 12.3. The van der Waals surface area contributed by atoms with Crippen LogP contribution in [0.4, 0.5) is 0 Å². The van der Waals surface area contributed by atoms with E-state index < -0.39 is 6.04 Å². The lowest BCUT2D eigenvalue weighted by atomic mass is 10.1. The van der Waals surface area contributed by atoms with Crippen molar-refractivity contribution < 1.29 is 9.21 Å². The summed E-state index contributed by atoms with van der Waals surface area (Å²) >= 11 is 0. The Balaban J connectivity index is 2.80. The van der Waals surface area contributed by atoms with Gasteiger partial charge in [0.15, 0.2) is 0 Å². The molecule has 0 bridgehead atoms. The normalized spacial score (nSPS) is 12.2. The molecule has 0 aliphatic heterocycles. The maximum atomic E-state index is 11.8. The van der Waals surface area contributed by atoms with Gasteiger partial charge in [-0.05, 0) is 25.8 Å². The molecule has 0 spiro atoms. The first-order valence-corrected chi connectivity index (χ1v) is 5.23. The van der Waals surface area contributed by atoms with Crippen LogP contribution in [-0.2, 0) is 0 Å². The number of hydrogen-bond acceptors (Lipinski definition) is 3. The summed E-state index contributed by atoms with van der Waals surface area (Å²) in [6.07, 6.45) is 0. The molecule has 4 nitrogen and oxygen atoms in total. The van der Waals surface area contributed by atoms with Crippen molar-refractivity contribution in [2.24, 2.45) is 5.92 Å². The number of hydrogen-bond donors (Lipinski definition) is 1. The van der Waals surface area contributed by atoms with E-state index in [-0.39, 0.29) is 11.8 Å². The SMILES string of the molecule is Cc1cc(C(=O)NC(C#N)C(C)C)c(C)o1. The molecule has 0 aliphatic rings. The first-order chi connectivity index (χ1) is 7.45. The number of carbonyl (C=O) groups excluding carboxylic acids is 1. The van der Waals surface area contributed by atoms with E-state index in [9.17, 15) is 4.79 Å². The second kappa shape index (κ2) is 4.84. The van der Waals surface area contributed by atoms with E-state index >= 15 is 0 Å². The summed E-state index contributed by atoms with van der Waals surface area (Å²) in [5.74, 6) is 1.10. The van der Waals surface area contributed by atoms with Gasteiger partial charge in [-0.1, -0.05) is 13.8 Å². The Bertz CT molecular complexity index is 427. The van der Waals surface area contributed by atoms with Crippen LogP contribution in [0.2, 0.25) is 0 Å². The number of nitrogens with one attached hydrogen (secondary N) is 1. The largest absolute Gasteiger partial charge is 0.466 e. The highest BCUT2D eigenvalue weighted by molar-refractivity contribution is 5.95. The minimum Gasteiger partial charge on any atom is -0.466 e. The van der Waals surface area contributed by atoms with E-state index in [0.717, 1.165) is 0 Å². The van der Waals surface area contributed by atoms with Gasteiger partial charge >= 0.3 is 0 Å². The molecular formula is C12H16N2O2. The molecule has 1 atom stereocenters. The van der Waals surface area contributed by atoms with Gasteiger partial charge in [0.25, 0.3) is 5.91 Å². The van der Waals surface area contributed by atoms with E-state index in [0.29, 0.717) is 17.1 Å². The Morgan fingerprint density at radius 2 is 2.12 bits per heavy atom. The molecule has 1 unspecified atom stereocenters. The summed E-state index contributed by atoms with van der Waals surface area (Å²) in [7, 11) is 0. The van der Waals surface area contributed by atoms with Crippen LogP contribution in [-0.4, -0.2) is 11.9 Å². The van der Waals surface area contributed by atoms with Gasteiger partial charge in [-0.25, -0.2) is 0 Å². The maximum Gasteiger partial charge on any atom is 0.255 e. The number of amides is 1. The third-order valence-electron chi connectivity index (χ3n) is 2.38. The quantitative estimate of drug-likeness (QED) is 0.848. The molecule has 1 rings (SSSR count). The molecule has 0 radical (unpaired) electrons. The number of nitrogens with zero attached hydrogens (tertiary/aromatic N) is 1. The zero-order valence-corrected chi connectivity index (χ0v) is 10.00. The second-order valence-electron chi connectivity index (χ2n) is 4.15. The van der Waals surface area contributed by atoms with Crippen LogP contribution in [0.5, 0.6) is 0 Å². The van der Waals surface area contributed by atoms with Crippen molar-refractivity contribution in [3.63, 3.8) is 0 Å². The van der Waals surface area contributed by atoms with Crippen LogP contribution in [0.3, 0.4) is 0 Å². The van der Waals surface area contributed by atoms with Crippen LogP contribution in [0.15, 0.2) is 10.5 Å². The summed E-state index contributed by atoms with van der Waals surface area (Å²) in [6, 6.07) is 3.28. The van der Waals surface area contributed by atoms with Crippen molar-refractivity contribution in [1.82, 2.24) is 5.32 Å². The van der Waals surface area contributed by atoms with E-state index in [1.165, 1.54) is 0 Å². The van der Waals surface area contributed by atoms with Gasteiger partial charge in [0.05, 0.1) is 11.6 Å². The smallest absolute Gasteiger partial charge is 0.255 e. The molecule has 0 saturated carbocycles. The van der Waals surface area contributed by atoms with Crippen LogP contribution in [0.25, 0.3) is 0 Å². The van der Waals surface area contributed by atoms with Gasteiger partial charge in [0, 0.05) is 0 Å². The summed E-state index contributed by atoms with van der Waals surface area (Å²) in [5, 5.41) is 11.6. The Morgan fingerprint density at radius 1 is 1.50 bits per heavy atom. The van der Waals surface area contributed by atoms with Crippen LogP contribution < -0.4 is 5.32 Å². The molecule has 0 aliphatic carbocycles. The molecule has 1 heterocycles. The van der Waals surface area contributed by atoms with Crippen LogP contribution in [0.1, 0.15) is 35.7 Å². The van der Waals surface area contributed by atoms with Crippen molar-refractivity contribution in [2.75, 3.05) is 0 Å². The summed E-state index contributed by atoms with van der Waals surface area (Å²) < 4.78 is 5.27. The predicted molar refractivity (Wildman–Crippen MR) is 59.9 cm³/mol. The molecule has 4 heteroatoms. The zero-order chi connectivity index (χ0) is 12.3. The van der Waals surface area contributed by atoms with Crippen molar-refractivity contribution in [3.8, 4) is 6.07 Å². The fourth-order valence-corrected chi connectivity index (χ4v) is 1.42. The number of rotatable bonds is 3. The van der Waals surface area contributed by atoms with E-state index in [4.69, 9.17) is 9.68 Å². The summed E-state index contributed by atoms with van der Waals surface area (Å²) in [5.41, 5.74) is 0.499. The fraction of sp³-hybridized carbons (Fsp3) is 0.500. The molecular weight excluding hydrogens is 204 g/mol. The molecule has 1 aromatic heterocycles. The van der Waals surface area contributed by atoms with Gasteiger partial charge in [0.2, 0.25) is 0 Å². The van der Waals surface area contributed by atoms with Crippen LogP contribution >= 0.6 is 0 Å². The minimum absolute atomic E-state index is 0.0854. The standard InChI is InChI=1S/C12H16N2O2/c1-7(2)11(6-13)14-12(15)10-5-8(3)16-9(10)4/h5,7,11H,1-4H3,(H,14,15).